The molecule has 1 N–H and O–H groups in total. The van der Waals surface area contributed by atoms with E-state index >= 15 is 0 Å². The van der Waals surface area contributed by atoms with Crippen molar-refractivity contribution in [3.8, 4) is 5.75 Å². The van der Waals surface area contributed by atoms with Crippen molar-refractivity contribution in [3.63, 3.8) is 0 Å². The summed E-state index contributed by atoms with van der Waals surface area (Å²) in [7, 11) is 0. The smallest absolute Gasteiger partial charge is 0.358 e. The fourth-order valence-corrected chi connectivity index (χ4v) is 2.03. The summed E-state index contributed by atoms with van der Waals surface area (Å²) < 4.78 is 11.6. The van der Waals surface area contributed by atoms with E-state index in [9.17, 15) is 4.79 Å². The van der Waals surface area contributed by atoms with Crippen LogP contribution in [0.2, 0.25) is 0 Å². The number of esters is 1. The molecule has 0 amide bonds. The number of halogens is 1. The monoisotopic (exact) mass is 352 g/mol. The lowest BCUT2D eigenvalue weighted by molar-refractivity contribution is 0.0443. The van der Waals surface area contributed by atoms with E-state index in [1.165, 1.54) is 0 Å². The second-order valence-electron chi connectivity index (χ2n) is 4.47. The Hall–Kier alpha value is -1.82. The van der Waals surface area contributed by atoms with Crippen LogP contribution in [0.3, 0.4) is 0 Å². The highest BCUT2D eigenvalue weighted by atomic mass is 79.9. The SMILES string of the molecule is CCCc1cc(C(=O)OCCOc2ccc(Br)cc2)n[nH]1. The Balaban J connectivity index is 1.72. The quantitative estimate of drug-likeness (QED) is 0.612. The molecule has 112 valence electrons. The van der Waals surface area contributed by atoms with Gasteiger partial charge in [-0.05, 0) is 36.8 Å². The van der Waals surface area contributed by atoms with Gasteiger partial charge in [0.25, 0.3) is 0 Å². The molecule has 0 radical (unpaired) electrons. The molecule has 0 bridgehead atoms. The zero-order chi connectivity index (χ0) is 15.1. The molecule has 1 aromatic heterocycles. The molecule has 6 heteroatoms. The normalized spacial score (nSPS) is 10.4. The second-order valence-corrected chi connectivity index (χ2v) is 5.38. The first-order valence-electron chi connectivity index (χ1n) is 6.79. The molecule has 21 heavy (non-hydrogen) atoms. The Morgan fingerprint density at radius 3 is 2.76 bits per heavy atom. The molecule has 0 atom stereocenters. The number of carbonyl (C=O) groups excluding carboxylic acids is 1. The lowest BCUT2D eigenvalue weighted by Gasteiger charge is -2.06. The van der Waals surface area contributed by atoms with Crippen LogP contribution in [-0.4, -0.2) is 29.4 Å². The number of carbonyl (C=O) groups is 1. The molecule has 0 saturated carbocycles. The molecule has 0 aliphatic heterocycles. The third kappa shape index (κ3) is 4.90. The van der Waals surface area contributed by atoms with Gasteiger partial charge in [0.1, 0.15) is 19.0 Å². The fourth-order valence-electron chi connectivity index (χ4n) is 1.76. The zero-order valence-corrected chi connectivity index (χ0v) is 13.4. The maximum atomic E-state index is 11.8. The summed E-state index contributed by atoms with van der Waals surface area (Å²) in [5, 5.41) is 6.76. The van der Waals surface area contributed by atoms with Gasteiger partial charge in [-0.2, -0.15) is 5.10 Å². The van der Waals surface area contributed by atoms with Crippen LogP contribution in [0.4, 0.5) is 0 Å². The molecule has 5 nitrogen and oxygen atoms in total. The number of nitrogens with one attached hydrogen (secondary N) is 1. The minimum atomic E-state index is -0.437. The van der Waals surface area contributed by atoms with Crippen molar-refractivity contribution in [2.24, 2.45) is 0 Å². The van der Waals surface area contributed by atoms with Crippen molar-refractivity contribution in [1.29, 1.82) is 0 Å². The molecular formula is C15H17BrN2O3. The number of aromatic amines is 1. The van der Waals surface area contributed by atoms with Crippen molar-refractivity contribution in [2.75, 3.05) is 13.2 Å². The van der Waals surface area contributed by atoms with Crippen LogP contribution in [-0.2, 0) is 11.2 Å². The molecule has 0 unspecified atom stereocenters. The molecule has 0 spiro atoms. The third-order valence-electron chi connectivity index (χ3n) is 2.76. The number of H-pyrrole nitrogens is 1. The van der Waals surface area contributed by atoms with Gasteiger partial charge in [-0.3, -0.25) is 5.10 Å². The molecule has 0 saturated heterocycles. The van der Waals surface area contributed by atoms with E-state index < -0.39 is 5.97 Å². The number of benzene rings is 1. The Bertz CT molecular complexity index is 581. The number of nitrogens with zero attached hydrogens (tertiary/aromatic N) is 1. The minimum absolute atomic E-state index is 0.185. The van der Waals surface area contributed by atoms with Crippen LogP contribution in [0.1, 0.15) is 29.5 Å². The van der Waals surface area contributed by atoms with Crippen molar-refractivity contribution >= 4 is 21.9 Å². The topological polar surface area (TPSA) is 64.2 Å². The van der Waals surface area contributed by atoms with Gasteiger partial charge in [0.2, 0.25) is 0 Å². The summed E-state index contributed by atoms with van der Waals surface area (Å²) in [6, 6.07) is 9.19. The van der Waals surface area contributed by atoms with E-state index in [4.69, 9.17) is 9.47 Å². The van der Waals surface area contributed by atoms with E-state index in [1.54, 1.807) is 6.07 Å². The van der Waals surface area contributed by atoms with Gasteiger partial charge in [0.15, 0.2) is 5.69 Å². The molecule has 0 fully saturated rings. The number of aromatic nitrogens is 2. The van der Waals surface area contributed by atoms with Crippen molar-refractivity contribution < 1.29 is 14.3 Å². The van der Waals surface area contributed by atoms with Crippen molar-refractivity contribution in [3.05, 3.63) is 46.2 Å². The standard InChI is InChI=1S/C15H17BrN2O3/c1-2-3-12-10-14(18-17-12)15(19)21-9-8-20-13-6-4-11(16)5-7-13/h4-7,10H,2-3,8-9H2,1H3,(H,17,18). The van der Waals surface area contributed by atoms with Crippen LogP contribution >= 0.6 is 15.9 Å². The van der Waals surface area contributed by atoms with Crippen LogP contribution in [0.5, 0.6) is 5.75 Å². The highest BCUT2D eigenvalue weighted by molar-refractivity contribution is 9.10. The van der Waals surface area contributed by atoms with Gasteiger partial charge >= 0.3 is 5.97 Å². The lowest BCUT2D eigenvalue weighted by Crippen LogP contribution is -2.12. The van der Waals surface area contributed by atoms with Crippen molar-refractivity contribution in [1.82, 2.24) is 10.2 Å². The first-order chi connectivity index (χ1) is 10.2. The van der Waals surface area contributed by atoms with Crippen LogP contribution < -0.4 is 4.74 Å². The van der Waals surface area contributed by atoms with E-state index in [0.717, 1.165) is 28.8 Å². The number of ether oxygens (including phenoxy) is 2. The number of aryl methyl sites for hydroxylation is 1. The summed E-state index contributed by atoms with van der Waals surface area (Å²) in [5.41, 5.74) is 1.25. The maximum Gasteiger partial charge on any atom is 0.358 e. The first kappa shape index (κ1) is 15.6. The largest absolute Gasteiger partial charge is 0.490 e. The molecule has 2 rings (SSSR count). The summed E-state index contributed by atoms with van der Waals surface area (Å²) >= 11 is 3.35. The highest BCUT2D eigenvalue weighted by Gasteiger charge is 2.11. The average Bonchev–Trinajstić information content (AvgIpc) is 2.94. The molecule has 1 aromatic carbocycles. The second kappa shape index (κ2) is 7.83. The number of rotatable bonds is 7. The predicted octanol–water partition coefficient (Wildman–Crippen LogP) is 3.36. The summed E-state index contributed by atoms with van der Waals surface area (Å²) in [5.74, 6) is 0.298. The van der Waals surface area contributed by atoms with Crippen LogP contribution in [0.25, 0.3) is 0 Å². The number of hydrogen-bond acceptors (Lipinski definition) is 4. The van der Waals surface area contributed by atoms with Crippen LogP contribution in [0, 0.1) is 0 Å². The van der Waals surface area contributed by atoms with E-state index in [0.29, 0.717) is 12.3 Å². The Kier molecular flexibility index (Phi) is 5.80. The van der Waals surface area contributed by atoms with Gasteiger partial charge in [-0.25, -0.2) is 4.79 Å². The van der Waals surface area contributed by atoms with Gasteiger partial charge in [-0.1, -0.05) is 29.3 Å². The summed E-state index contributed by atoms with van der Waals surface area (Å²) in [6.07, 6.45) is 1.87. The molecule has 2 aromatic rings. The van der Waals surface area contributed by atoms with Gasteiger partial charge in [0.05, 0.1) is 0 Å². The molecule has 0 aliphatic carbocycles. The van der Waals surface area contributed by atoms with E-state index in [1.807, 2.05) is 24.3 Å². The Morgan fingerprint density at radius 1 is 1.29 bits per heavy atom. The van der Waals surface area contributed by atoms with E-state index in [2.05, 4.69) is 33.1 Å². The van der Waals surface area contributed by atoms with E-state index in [-0.39, 0.29) is 6.61 Å². The van der Waals surface area contributed by atoms with Gasteiger partial charge in [-0.15, -0.1) is 0 Å². The minimum Gasteiger partial charge on any atom is -0.490 e. The Morgan fingerprint density at radius 2 is 2.05 bits per heavy atom. The maximum absolute atomic E-state index is 11.8. The molecule has 0 aliphatic rings. The third-order valence-corrected chi connectivity index (χ3v) is 3.29. The van der Waals surface area contributed by atoms with Crippen molar-refractivity contribution in [2.45, 2.75) is 19.8 Å². The first-order valence-corrected chi connectivity index (χ1v) is 7.58. The molecular weight excluding hydrogens is 336 g/mol. The predicted molar refractivity (Wildman–Crippen MR) is 82.5 cm³/mol. The van der Waals surface area contributed by atoms with Gasteiger partial charge < -0.3 is 9.47 Å². The summed E-state index contributed by atoms with van der Waals surface area (Å²) in [4.78, 5) is 11.8. The summed E-state index contributed by atoms with van der Waals surface area (Å²) in [6.45, 7) is 2.56. The lowest BCUT2D eigenvalue weighted by atomic mass is 10.2. The Labute approximate surface area is 131 Å². The average molecular weight is 353 g/mol. The van der Waals surface area contributed by atoms with Crippen LogP contribution in [0.15, 0.2) is 34.8 Å². The zero-order valence-electron chi connectivity index (χ0n) is 11.8. The fraction of sp³-hybridized carbons (Fsp3) is 0.333. The number of hydrogen-bond donors (Lipinski definition) is 1. The molecule has 1 heterocycles. The van der Waals surface area contributed by atoms with Gasteiger partial charge in [0, 0.05) is 10.2 Å². The highest BCUT2D eigenvalue weighted by Crippen LogP contribution is 2.15.